The van der Waals surface area contributed by atoms with E-state index in [0.29, 0.717) is 32.7 Å². The van der Waals surface area contributed by atoms with Crippen molar-refractivity contribution in [1.82, 2.24) is 24.4 Å². The zero-order chi connectivity index (χ0) is 27.5. The van der Waals surface area contributed by atoms with Crippen LogP contribution in [0.1, 0.15) is 45.8 Å². The topological polar surface area (TPSA) is 100 Å². The molecule has 0 radical (unpaired) electrons. The molecule has 2 amide bonds. The average Bonchev–Trinajstić information content (AvgIpc) is 3.41. The highest BCUT2D eigenvalue weighted by Gasteiger charge is 2.49. The van der Waals surface area contributed by atoms with Gasteiger partial charge in [-0.25, -0.2) is 18.7 Å². The summed E-state index contributed by atoms with van der Waals surface area (Å²) in [5.74, 6) is -1.46. The zero-order valence-electron chi connectivity index (χ0n) is 20.2. The summed E-state index contributed by atoms with van der Waals surface area (Å²) < 4.78 is 62.0. The third kappa shape index (κ3) is 4.48. The second kappa shape index (κ2) is 9.29. The molecule has 2 aliphatic rings. The Kier molecular flexibility index (Phi) is 6.36. The molecular formula is C24H22ClF4N5O4. The first kappa shape index (κ1) is 26.0. The van der Waals surface area contributed by atoms with Crippen molar-refractivity contribution in [3.05, 3.63) is 57.2 Å². The summed E-state index contributed by atoms with van der Waals surface area (Å²) in [5.41, 5.74) is 3.22. The largest absolute Gasteiger partial charge is 0.489 e. The van der Waals surface area contributed by atoms with Gasteiger partial charge in [0.2, 0.25) is 0 Å². The molecule has 5 rings (SSSR count). The van der Waals surface area contributed by atoms with Gasteiger partial charge in [-0.3, -0.25) is 9.69 Å². The minimum absolute atomic E-state index is 0.0268. The number of carboxylic acid groups (broad SMARTS) is 1. The lowest BCUT2D eigenvalue weighted by atomic mass is 9.99. The fourth-order valence-electron chi connectivity index (χ4n) is 4.96. The van der Waals surface area contributed by atoms with Crippen LogP contribution in [0, 0.1) is 19.7 Å². The lowest BCUT2D eigenvalue weighted by molar-refractivity contribution is -0.191. The van der Waals surface area contributed by atoms with Crippen molar-refractivity contribution >= 4 is 29.2 Å². The Hall–Kier alpha value is -3.61. The first-order valence-electron chi connectivity index (χ1n) is 11.7. The maximum atomic E-state index is 14.1. The molecule has 1 fully saturated rings. The number of aromatic nitrogens is 3. The molecule has 0 saturated carbocycles. The maximum Gasteiger partial charge on any atom is 0.409 e. The van der Waals surface area contributed by atoms with E-state index in [1.807, 2.05) is 6.92 Å². The molecule has 3 aromatic rings. The van der Waals surface area contributed by atoms with E-state index in [9.17, 15) is 27.2 Å². The van der Waals surface area contributed by atoms with Crippen LogP contribution < -0.4 is 4.74 Å². The standard InChI is InChI=1S/C24H22ClF4N5O4/c1-11-20(25)12(2)34-21(30-11)16-9-32(10-17(16)31-34)22(35)15-4-3-13(26)7-18(15)38-14-5-6-33(23(36)37)19(8-14)24(27,28)29/h3-4,7,14,19H,5-6,8-10H2,1-2H3,(H,36,37)/t14-,19-/m1/s1. The van der Waals surface area contributed by atoms with Gasteiger partial charge in [-0.15, -0.1) is 0 Å². The first-order chi connectivity index (χ1) is 17.8. The predicted octanol–water partition coefficient (Wildman–Crippen LogP) is 4.75. The highest BCUT2D eigenvalue weighted by molar-refractivity contribution is 6.31. The van der Waals surface area contributed by atoms with Gasteiger partial charge < -0.3 is 14.7 Å². The lowest BCUT2D eigenvalue weighted by Gasteiger charge is -2.38. The van der Waals surface area contributed by atoms with Gasteiger partial charge in [0.25, 0.3) is 5.91 Å². The van der Waals surface area contributed by atoms with Crippen LogP contribution >= 0.6 is 11.6 Å². The van der Waals surface area contributed by atoms with Crippen LogP contribution in [0.2, 0.25) is 5.02 Å². The van der Waals surface area contributed by atoms with Crippen LogP contribution in [0.15, 0.2) is 18.2 Å². The number of ether oxygens (including phenoxy) is 1. The van der Waals surface area contributed by atoms with E-state index >= 15 is 0 Å². The number of alkyl halides is 3. The maximum absolute atomic E-state index is 14.1. The molecule has 2 aromatic heterocycles. The molecule has 38 heavy (non-hydrogen) atoms. The molecule has 1 N–H and O–H groups in total. The van der Waals surface area contributed by atoms with Crippen LogP contribution in [0.4, 0.5) is 22.4 Å². The quantitative estimate of drug-likeness (QED) is 0.468. The predicted molar refractivity (Wildman–Crippen MR) is 126 cm³/mol. The molecule has 4 heterocycles. The molecule has 0 bridgehead atoms. The Morgan fingerprint density at radius 2 is 1.95 bits per heavy atom. The Bertz CT molecular complexity index is 1460. The summed E-state index contributed by atoms with van der Waals surface area (Å²) in [6.07, 6.45) is -8.31. The molecule has 14 heteroatoms. The lowest BCUT2D eigenvalue weighted by Crippen LogP contribution is -2.54. The smallest absolute Gasteiger partial charge is 0.409 e. The Morgan fingerprint density at radius 3 is 2.63 bits per heavy atom. The number of carbonyl (C=O) groups is 2. The SMILES string of the molecule is Cc1nc2c3c(nn2c(C)c1Cl)CN(C(=O)c1ccc(F)cc1O[C@@H]1CCN(C(=O)O)[C@@H](C(F)(F)F)C1)C3. The fraction of sp³-hybridized carbons (Fsp3) is 0.417. The van der Waals surface area contributed by atoms with Gasteiger partial charge in [-0.2, -0.15) is 18.3 Å². The van der Waals surface area contributed by atoms with E-state index in [2.05, 4.69) is 10.1 Å². The molecule has 9 nitrogen and oxygen atoms in total. The number of likely N-dealkylation sites (tertiary alicyclic amines) is 1. The van der Waals surface area contributed by atoms with Gasteiger partial charge in [0.15, 0.2) is 5.65 Å². The number of piperidine rings is 1. The van der Waals surface area contributed by atoms with Crippen molar-refractivity contribution in [3.8, 4) is 5.75 Å². The van der Waals surface area contributed by atoms with Crippen molar-refractivity contribution in [3.63, 3.8) is 0 Å². The minimum Gasteiger partial charge on any atom is -0.489 e. The normalized spacial score (nSPS) is 19.7. The van der Waals surface area contributed by atoms with Crippen LogP contribution in [0.25, 0.3) is 5.65 Å². The zero-order valence-corrected chi connectivity index (χ0v) is 21.0. The third-order valence-electron chi connectivity index (χ3n) is 6.89. The Labute approximate surface area is 218 Å². The Morgan fingerprint density at radius 1 is 1.21 bits per heavy atom. The molecule has 1 saturated heterocycles. The highest BCUT2D eigenvalue weighted by Crippen LogP contribution is 2.36. The van der Waals surface area contributed by atoms with Crippen LogP contribution in [-0.4, -0.2) is 66.4 Å². The van der Waals surface area contributed by atoms with Crippen molar-refractivity contribution in [2.24, 2.45) is 0 Å². The summed E-state index contributed by atoms with van der Waals surface area (Å²) in [4.78, 5) is 31.0. The average molecular weight is 556 g/mol. The molecular weight excluding hydrogens is 534 g/mol. The number of rotatable bonds is 3. The van der Waals surface area contributed by atoms with Crippen LogP contribution in [0.3, 0.4) is 0 Å². The van der Waals surface area contributed by atoms with Crippen LogP contribution in [0.5, 0.6) is 5.75 Å². The number of nitrogens with zero attached hydrogens (tertiary/aromatic N) is 5. The first-order valence-corrected chi connectivity index (χ1v) is 12.1. The van der Waals surface area contributed by atoms with Crippen molar-refractivity contribution in [2.75, 3.05) is 6.54 Å². The van der Waals surface area contributed by atoms with Gasteiger partial charge >= 0.3 is 12.3 Å². The second-order valence-corrected chi connectivity index (χ2v) is 9.73. The molecule has 2 aliphatic heterocycles. The van der Waals surface area contributed by atoms with Gasteiger partial charge in [0.05, 0.1) is 40.8 Å². The summed E-state index contributed by atoms with van der Waals surface area (Å²) >= 11 is 6.28. The number of amides is 2. The van der Waals surface area contributed by atoms with Gasteiger partial charge in [-0.1, -0.05) is 11.6 Å². The summed E-state index contributed by atoms with van der Waals surface area (Å²) in [7, 11) is 0. The van der Waals surface area contributed by atoms with E-state index < -0.39 is 49.1 Å². The number of fused-ring (bicyclic) bond motifs is 3. The molecule has 2 atom stereocenters. The number of carbonyl (C=O) groups excluding carboxylic acids is 1. The number of benzene rings is 1. The fourth-order valence-corrected chi connectivity index (χ4v) is 5.08. The third-order valence-corrected chi connectivity index (χ3v) is 7.44. The van der Waals surface area contributed by atoms with E-state index in [-0.39, 0.29) is 30.8 Å². The van der Waals surface area contributed by atoms with Gasteiger partial charge in [0, 0.05) is 31.0 Å². The number of aryl methyl sites for hydroxylation is 2. The number of hydrogen-bond donors (Lipinski definition) is 1. The van der Waals surface area contributed by atoms with Gasteiger partial charge in [-0.05, 0) is 26.0 Å². The van der Waals surface area contributed by atoms with Crippen molar-refractivity contribution in [1.29, 1.82) is 0 Å². The summed E-state index contributed by atoms with van der Waals surface area (Å²) in [5, 5.41) is 14.2. The second-order valence-electron chi connectivity index (χ2n) is 9.36. The minimum atomic E-state index is -4.81. The molecule has 0 aliphatic carbocycles. The van der Waals surface area contributed by atoms with Crippen LogP contribution in [-0.2, 0) is 13.1 Å². The Balaban J connectivity index is 1.39. The molecule has 0 unspecified atom stereocenters. The molecule has 202 valence electrons. The van der Waals surface area contributed by atoms with E-state index in [4.69, 9.17) is 21.4 Å². The molecule has 0 spiro atoms. The summed E-state index contributed by atoms with van der Waals surface area (Å²) in [6, 6.07) is 0.956. The van der Waals surface area contributed by atoms with Gasteiger partial charge in [0.1, 0.15) is 23.7 Å². The van der Waals surface area contributed by atoms with Crippen molar-refractivity contribution in [2.45, 2.75) is 58.1 Å². The molecule has 1 aromatic carbocycles. The number of halogens is 5. The van der Waals surface area contributed by atoms with E-state index in [1.54, 1.807) is 11.4 Å². The van der Waals surface area contributed by atoms with Crippen molar-refractivity contribution < 1.29 is 37.0 Å². The summed E-state index contributed by atoms with van der Waals surface area (Å²) in [6.45, 7) is 3.45. The number of hydrogen-bond acceptors (Lipinski definition) is 5. The van der Waals surface area contributed by atoms with E-state index in [0.717, 1.165) is 17.7 Å². The highest BCUT2D eigenvalue weighted by atomic mass is 35.5. The monoisotopic (exact) mass is 555 g/mol. The van der Waals surface area contributed by atoms with E-state index in [1.165, 1.54) is 11.0 Å².